The first-order valence-corrected chi connectivity index (χ1v) is 13.9. The highest BCUT2D eigenvalue weighted by Crippen LogP contribution is 2.55. The molecule has 1 aliphatic carbocycles. The van der Waals surface area contributed by atoms with Gasteiger partial charge in [0.1, 0.15) is 17.4 Å². The van der Waals surface area contributed by atoms with E-state index in [0.717, 1.165) is 19.3 Å². The van der Waals surface area contributed by atoms with E-state index in [1.54, 1.807) is 36.3 Å². The van der Waals surface area contributed by atoms with Crippen LogP contribution in [0.3, 0.4) is 0 Å². The minimum atomic E-state index is -1.16. The van der Waals surface area contributed by atoms with Gasteiger partial charge in [0.05, 0.1) is 25.0 Å². The third-order valence-corrected chi connectivity index (χ3v) is 8.59. The van der Waals surface area contributed by atoms with Gasteiger partial charge in [0.15, 0.2) is 0 Å². The van der Waals surface area contributed by atoms with Gasteiger partial charge in [0.2, 0.25) is 17.7 Å². The lowest BCUT2D eigenvalue weighted by molar-refractivity contribution is -0.141. The van der Waals surface area contributed by atoms with Crippen molar-refractivity contribution in [3.05, 3.63) is 36.4 Å². The number of nitrogens with one attached hydrogen (secondary N) is 2. The van der Waals surface area contributed by atoms with E-state index in [1.807, 2.05) is 19.1 Å². The molecule has 1 saturated carbocycles. The number of rotatable bonds is 10. The maximum absolute atomic E-state index is 14.0. The summed E-state index contributed by atoms with van der Waals surface area (Å²) >= 11 is 0. The lowest BCUT2D eigenvalue weighted by atomic mass is 9.74. The molecule has 3 heterocycles. The third kappa shape index (κ3) is 4.71. The summed E-state index contributed by atoms with van der Waals surface area (Å²) in [5.41, 5.74) is -0.583. The molecule has 5 rings (SSSR count). The molecule has 0 aromatic heterocycles. The number of nitrogens with zero attached hydrogens (tertiary/aromatic N) is 1. The molecule has 1 aromatic carbocycles. The summed E-state index contributed by atoms with van der Waals surface area (Å²) < 4.78 is 17.2. The monoisotopic (exact) mass is 525 g/mol. The number of carbonyl (C=O) groups excluding carboxylic acids is 3. The Kier molecular flexibility index (Phi) is 7.77. The molecule has 2 N–H and O–H groups in total. The number of benzene rings is 1. The van der Waals surface area contributed by atoms with Crippen LogP contribution in [0.1, 0.15) is 46.0 Å². The second-order valence-electron chi connectivity index (χ2n) is 10.9. The summed E-state index contributed by atoms with van der Waals surface area (Å²) in [6.07, 6.45) is 7.98. The molecule has 0 radical (unpaired) electrons. The van der Waals surface area contributed by atoms with Gasteiger partial charge in [-0.3, -0.25) is 14.4 Å². The van der Waals surface area contributed by atoms with E-state index in [-0.39, 0.29) is 23.8 Å². The summed E-state index contributed by atoms with van der Waals surface area (Å²) in [7, 11) is 1.57. The fourth-order valence-corrected chi connectivity index (χ4v) is 6.71. The number of amides is 3. The molecule has 3 fully saturated rings. The Balaban J connectivity index is 1.41. The van der Waals surface area contributed by atoms with Crippen LogP contribution in [-0.4, -0.2) is 73.3 Å². The van der Waals surface area contributed by atoms with Crippen molar-refractivity contribution in [2.24, 2.45) is 17.8 Å². The van der Waals surface area contributed by atoms with Crippen molar-refractivity contribution in [2.75, 3.05) is 32.2 Å². The second-order valence-corrected chi connectivity index (χ2v) is 10.9. The molecule has 3 aliphatic heterocycles. The molecule has 9 heteroatoms. The first-order chi connectivity index (χ1) is 18.4. The van der Waals surface area contributed by atoms with Crippen LogP contribution < -0.4 is 15.4 Å². The van der Waals surface area contributed by atoms with Crippen molar-refractivity contribution >= 4 is 23.4 Å². The largest absolute Gasteiger partial charge is 0.497 e. The summed E-state index contributed by atoms with van der Waals surface area (Å²) in [4.78, 5) is 43.1. The molecule has 2 bridgehead atoms. The van der Waals surface area contributed by atoms with E-state index < -0.39 is 29.6 Å². The normalized spacial score (nSPS) is 33.3. The fraction of sp³-hybridized carbons (Fsp3) is 0.621. The van der Waals surface area contributed by atoms with Crippen LogP contribution in [0, 0.1) is 17.8 Å². The molecule has 7 atom stereocenters. The molecule has 38 heavy (non-hydrogen) atoms. The van der Waals surface area contributed by atoms with Crippen molar-refractivity contribution in [1.29, 1.82) is 0 Å². The third-order valence-electron chi connectivity index (χ3n) is 8.59. The van der Waals surface area contributed by atoms with Crippen molar-refractivity contribution in [2.45, 2.75) is 69.7 Å². The summed E-state index contributed by atoms with van der Waals surface area (Å²) in [5.74, 6) is -1.22. The number of carbonyl (C=O) groups is 3. The van der Waals surface area contributed by atoms with Crippen LogP contribution in [-0.2, 0) is 23.9 Å². The van der Waals surface area contributed by atoms with Gasteiger partial charge in [-0.2, -0.15) is 0 Å². The molecule has 3 amide bonds. The number of methoxy groups -OCH3 is 1. The van der Waals surface area contributed by atoms with E-state index in [0.29, 0.717) is 43.5 Å². The van der Waals surface area contributed by atoms with Gasteiger partial charge in [0.25, 0.3) is 0 Å². The zero-order valence-electron chi connectivity index (χ0n) is 22.5. The number of likely N-dealkylation sites (tertiary alicyclic amines) is 1. The SMILES string of the molecule is CCOCCCN1C(=O)[C@H]2[C@H](C(=O)Nc3cccc(OC)c3)[C@H]3C=C[C@@]2(O3)[C@@H]1C(=O)N[C@H]1CCCC[C@H]1C. The predicted octanol–water partition coefficient (Wildman–Crippen LogP) is 2.91. The van der Waals surface area contributed by atoms with Gasteiger partial charge in [-0.1, -0.05) is 38.0 Å². The number of hydrogen-bond acceptors (Lipinski definition) is 6. The summed E-state index contributed by atoms with van der Waals surface area (Å²) in [5, 5.41) is 6.20. The molecule has 1 spiro atoms. The Morgan fingerprint density at radius 1 is 1.21 bits per heavy atom. The van der Waals surface area contributed by atoms with E-state index in [9.17, 15) is 14.4 Å². The van der Waals surface area contributed by atoms with Crippen LogP contribution in [0.5, 0.6) is 5.75 Å². The van der Waals surface area contributed by atoms with Crippen LogP contribution in [0.2, 0.25) is 0 Å². The highest BCUT2D eigenvalue weighted by Gasteiger charge is 2.72. The van der Waals surface area contributed by atoms with Gasteiger partial charge in [-0.15, -0.1) is 0 Å². The van der Waals surface area contributed by atoms with Crippen molar-refractivity contribution < 1.29 is 28.6 Å². The average Bonchev–Trinajstić information content (AvgIpc) is 3.55. The lowest BCUT2D eigenvalue weighted by Crippen LogP contribution is -2.57. The van der Waals surface area contributed by atoms with Gasteiger partial charge < -0.3 is 29.7 Å². The lowest BCUT2D eigenvalue weighted by Gasteiger charge is -2.36. The fourth-order valence-electron chi connectivity index (χ4n) is 6.71. The number of hydrogen-bond donors (Lipinski definition) is 2. The maximum atomic E-state index is 14.0. The Morgan fingerprint density at radius 2 is 2.03 bits per heavy atom. The number of ether oxygens (including phenoxy) is 3. The van der Waals surface area contributed by atoms with Gasteiger partial charge in [-0.05, 0) is 44.2 Å². The topological polar surface area (TPSA) is 106 Å². The van der Waals surface area contributed by atoms with Crippen molar-refractivity contribution in [1.82, 2.24) is 10.2 Å². The van der Waals surface area contributed by atoms with Gasteiger partial charge >= 0.3 is 0 Å². The highest BCUT2D eigenvalue weighted by molar-refractivity contribution is 6.02. The van der Waals surface area contributed by atoms with Crippen LogP contribution in [0.15, 0.2) is 36.4 Å². The van der Waals surface area contributed by atoms with Crippen molar-refractivity contribution in [3.8, 4) is 5.75 Å². The second kappa shape index (κ2) is 11.1. The first-order valence-electron chi connectivity index (χ1n) is 13.9. The van der Waals surface area contributed by atoms with Crippen molar-refractivity contribution in [3.63, 3.8) is 0 Å². The predicted molar refractivity (Wildman–Crippen MR) is 142 cm³/mol. The maximum Gasteiger partial charge on any atom is 0.246 e. The Bertz CT molecular complexity index is 1090. The van der Waals surface area contributed by atoms with Gasteiger partial charge in [0, 0.05) is 37.6 Å². The highest BCUT2D eigenvalue weighted by atomic mass is 16.5. The first kappa shape index (κ1) is 26.7. The standard InChI is InChI=1S/C29H39N3O6/c1-4-37-16-8-15-32-25(27(34)31-21-12-6-5-9-18(21)2)29-14-13-22(38-29)23(24(29)28(32)35)26(33)30-19-10-7-11-20(17-19)36-3/h7,10-11,13-14,17-18,21-25H,4-6,8-9,12,15-16H2,1-3H3,(H,30,33)(H,31,34)/t18-,21+,22-,23-,24-,25+,29+/m1/s1. The minimum absolute atomic E-state index is 0.0711. The molecule has 1 aromatic rings. The van der Waals surface area contributed by atoms with Crippen LogP contribution in [0.25, 0.3) is 0 Å². The smallest absolute Gasteiger partial charge is 0.246 e. The molecule has 2 saturated heterocycles. The van der Waals surface area contributed by atoms with Gasteiger partial charge in [-0.25, -0.2) is 0 Å². The minimum Gasteiger partial charge on any atom is -0.497 e. The zero-order chi connectivity index (χ0) is 26.9. The van der Waals surface area contributed by atoms with Crippen LogP contribution >= 0.6 is 0 Å². The number of fused-ring (bicyclic) bond motifs is 1. The summed E-state index contributed by atoms with van der Waals surface area (Å²) in [6, 6.07) is 6.34. The molecule has 9 nitrogen and oxygen atoms in total. The Labute approximate surface area is 224 Å². The van der Waals surface area contributed by atoms with E-state index in [1.165, 1.54) is 6.42 Å². The van der Waals surface area contributed by atoms with Crippen LogP contribution in [0.4, 0.5) is 5.69 Å². The molecule has 206 valence electrons. The molecular formula is C29H39N3O6. The Morgan fingerprint density at radius 3 is 2.79 bits per heavy atom. The molecular weight excluding hydrogens is 486 g/mol. The van der Waals surface area contributed by atoms with E-state index in [4.69, 9.17) is 14.2 Å². The quantitative estimate of drug-likeness (QED) is 0.360. The number of anilines is 1. The molecule has 4 aliphatic rings. The Hall–Kier alpha value is -2.91. The van der Waals surface area contributed by atoms with E-state index >= 15 is 0 Å². The zero-order valence-corrected chi connectivity index (χ0v) is 22.5. The molecule has 0 unspecified atom stereocenters. The average molecular weight is 526 g/mol. The van der Waals surface area contributed by atoms with E-state index in [2.05, 4.69) is 17.6 Å². The summed E-state index contributed by atoms with van der Waals surface area (Å²) in [6.45, 7) is 5.53.